The minimum Gasteiger partial charge on any atom is -0.322 e. The molecular weight excluding hydrogens is 288 g/mol. The number of nitrogens with one attached hydrogen (secondary N) is 1. The minimum absolute atomic E-state index is 0.0300. The van der Waals surface area contributed by atoms with Crippen molar-refractivity contribution >= 4 is 23.2 Å². The molecule has 0 fully saturated rings. The van der Waals surface area contributed by atoms with Crippen molar-refractivity contribution in [1.82, 2.24) is 0 Å². The number of hydrogen-bond donors (Lipinski definition) is 1. The normalized spacial score (nSPS) is 12.9. The summed E-state index contributed by atoms with van der Waals surface area (Å²) in [6.45, 7) is 4.36. The van der Waals surface area contributed by atoms with Crippen LogP contribution in [0.25, 0.3) is 0 Å². The number of nitrogens with zero attached hydrogens (tertiary/aromatic N) is 1. The third kappa shape index (κ3) is 3.11. The minimum atomic E-state index is -0.139. The molecule has 0 atom stereocenters. The van der Waals surface area contributed by atoms with Crippen molar-refractivity contribution in [2.45, 2.75) is 26.7 Å². The van der Waals surface area contributed by atoms with Gasteiger partial charge in [-0.1, -0.05) is 25.1 Å². The van der Waals surface area contributed by atoms with Crippen LogP contribution in [0.2, 0.25) is 0 Å². The molecule has 0 bridgehead atoms. The number of amides is 2. The highest BCUT2D eigenvalue weighted by atomic mass is 16.2. The van der Waals surface area contributed by atoms with E-state index in [4.69, 9.17) is 0 Å². The summed E-state index contributed by atoms with van der Waals surface area (Å²) < 4.78 is 0. The maximum atomic E-state index is 12.3. The van der Waals surface area contributed by atoms with E-state index in [0.717, 1.165) is 24.1 Å². The van der Waals surface area contributed by atoms with E-state index in [9.17, 15) is 9.59 Å². The smallest absolute Gasteiger partial charge is 0.255 e. The van der Waals surface area contributed by atoms with E-state index < -0.39 is 0 Å². The van der Waals surface area contributed by atoms with Crippen LogP contribution in [0.4, 0.5) is 11.4 Å². The van der Waals surface area contributed by atoms with Crippen molar-refractivity contribution in [3.05, 3.63) is 59.2 Å². The zero-order valence-electron chi connectivity index (χ0n) is 13.4. The Morgan fingerprint density at radius 3 is 2.52 bits per heavy atom. The van der Waals surface area contributed by atoms with Crippen LogP contribution >= 0.6 is 0 Å². The zero-order chi connectivity index (χ0) is 16.4. The van der Waals surface area contributed by atoms with Gasteiger partial charge in [0.05, 0.1) is 0 Å². The average Bonchev–Trinajstić information content (AvgIpc) is 2.98. The monoisotopic (exact) mass is 308 g/mol. The van der Waals surface area contributed by atoms with Gasteiger partial charge in [-0.3, -0.25) is 9.59 Å². The molecule has 4 heteroatoms. The van der Waals surface area contributed by atoms with Gasteiger partial charge in [0.25, 0.3) is 5.91 Å². The molecule has 1 N–H and O–H groups in total. The molecule has 23 heavy (non-hydrogen) atoms. The van der Waals surface area contributed by atoms with Crippen molar-refractivity contribution < 1.29 is 9.59 Å². The van der Waals surface area contributed by atoms with Crippen LogP contribution in [-0.2, 0) is 17.6 Å². The van der Waals surface area contributed by atoms with Crippen molar-refractivity contribution in [3.8, 4) is 0 Å². The molecule has 2 aromatic rings. The number of anilines is 2. The Hall–Kier alpha value is -2.62. The first-order valence-electron chi connectivity index (χ1n) is 7.90. The van der Waals surface area contributed by atoms with Gasteiger partial charge >= 0.3 is 0 Å². The molecule has 0 unspecified atom stereocenters. The van der Waals surface area contributed by atoms with E-state index in [2.05, 4.69) is 12.2 Å². The summed E-state index contributed by atoms with van der Waals surface area (Å²) >= 11 is 0. The van der Waals surface area contributed by atoms with Crippen molar-refractivity contribution in [3.63, 3.8) is 0 Å². The third-order valence-electron chi connectivity index (χ3n) is 4.24. The standard InChI is InChI=1S/C19H20N2O2/c1-3-14-4-6-16(7-5-14)19(23)20-17-9-8-15-10-11-21(13(2)22)18(15)12-17/h4-9,12H,3,10-11H2,1-2H3,(H,20,23). The largest absolute Gasteiger partial charge is 0.322 e. The van der Waals surface area contributed by atoms with Crippen molar-refractivity contribution in [2.24, 2.45) is 0 Å². The SMILES string of the molecule is CCc1ccc(C(=O)Nc2ccc3c(c2)N(C(C)=O)CC3)cc1. The zero-order valence-corrected chi connectivity index (χ0v) is 13.4. The second-order valence-corrected chi connectivity index (χ2v) is 5.77. The molecule has 4 nitrogen and oxygen atoms in total. The summed E-state index contributed by atoms with van der Waals surface area (Å²) in [5.74, 6) is -0.109. The predicted octanol–water partition coefficient (Wildman–Crippen LogP) is 3.41. The van der Waals surface area contributed by atoms with Gasteiger partial charge in [0.1, 0.15) is 0 Å². The average molecular weight is 308 g/mol. The first-order chi connectivity index (χ1) is 11.1. The maximum absolute atomic E-state index is 12.3. The fourth-order valence-corrected chi connectivity index (χ4v) is 2.88. The Morgan fingerprint density at radius 2 is 1.87 bits per heavy atom. The second-order valence-electron chi connectivity index (χ2n) is 5.77. The molecule has 0 aromatic heterocycles. The Labute approximate surface area is 136 Å². The van der Waals surface area contributed by atoms with Crippen LogP contribution in [0, 0.1) is 0 Å². The van der Waals surface area contributed by atoms with Crippen LogP contribution in [0.1, 0.15) is 35.3 Å². The molecule has 3 rings (SSSR count). The number of carbonyl (C=O) groups excluding carboxylic acids is 2. The van der Waals surface area contributed by atoms with Gasteiger partial charge in [0.15, 0.2) is 0 Å². The molecular formula is C19H20N2O2. The number of carbonyl (C=O) groups is 2. The van der Waals surface area contributed by atoms with Crippen LogP contribution in [0.15, 0.2) is 42.5 Å². The number of benzene rings is 2. The Morgan fingerprint density at radius 1 is 1.13 bits per heavy atom. The van der Waals surface area contributed by atoms with Crippen LogP contribution in [0.5, 0.6) is 0 Å². The molecule has 1 aliphatic rings. The van der Waals surface area contributed by atoms with Gasteiger partial charge in [-0.25, -0.2) is 0 Å². The van der Waals surface area contributed by atoms with Gasteiger partial charge in [-0.05, 0) is 48.2 Å². The summed E-state index contributed by atoms with van der Waals surface area (Å²) in [6, 6.07) is 13.4. The summed E-state index contributed by atoms with van der Waals surface area (Å²) in [4.78, 5) is 25.8. The highest BCUT2D eigenvalue weighted by Gasteiger charge is 2.22. The van der Waals surface area contributed by atoms with E-state index in [-0.39, 0.29) is 11.8 Å². The van der Waals surface area contributed by atoms with Crippen molar-refractivity contribution in [2.75, 3.05) is 16.8 Å². The van der Waals surface area contributed by atoms with Crippen LogP contribution < -0.4 is 10.2 Å². The molecule has 2 aromatic carbocycles. The molecule has 1 heterocycles. The highest BCUT2D eigenvalue weighted by Crippen LogP contribution is 2.31. The van der Waals surface area contributed by atoms with Gasteiger partial charge < -0.3 is 10.2 Å². The number of aryl methyl sites for hydroxylation is 1. The molecule has 1 aliphatic heterocycles. The van der Waals surface area contributed by atoms with Crippen molar-refractivity contribution in [1.29, 1.82) is 0 Å². The molecule has 0 saturated carbocycles. The molecule has 0 saturated heterocycles. The van der Waals surface area contributed by atoms with Gasteiger partial charge in [0.2, 0.25) is 5.91 Å². The van der Waals surface area contributed by atoms with Crippen LogP contribution in [-0.4, -0.2) is 18.4 Å². The third-order valence-corrected chi connectivity index (χ3v) is 4.24. The molecule has 2 amide bonds. The fourth-order valence-electron chi connectivity index (χ4n) is 2.88. The highest BCUT2D eigenvalue weighted by molar-refractivity contribution is 6.05. The summed E-state index contributed by atoms with van der Waals surface area (Å²) in [5, 5.41) is 2.91. The van der Waals surface area contributed by atoms with E-state index in [1.165, 1.54) is 5.56 Å². The number of rotatable bonds is 3. The number of hydrogen-bond acceptors (Lipinski definition) is 2. The predicted molar refractivity (Wildman–Crippen MR) is 91.9 cm³/mol. The Bertz CT molecular complexity index is 750. The molecule has 0 spiro atoms. The topological polar surface area (TPSA) is 49.4 Å². The summed E-state index contributed by atoms with van der Waals surface area (Å²) in [5.41, 5.74) is 4.59. The van der Waals surface area contributed by atoms with Crippen LogP contribution in [0.3, 0.4) is 0 Å². The Kier molecular flexibility index (Phi) is 4.15. The Balaban J connectivity index is 1.79. The quantitative estimate of drug-likeness (QED) is 0.944. The lowest BCUT2D eigenvalue weighted by molar-refractivity contribution is -0.116. The summed E-state index contributed by atoms with van der Waals surface area (Å²) in [6.07, 6.45) is 1.81. The van der Waals surface area contributed by atoms with Gasteiger partial charge in [-0.2, -0.15) is 0 Å². The second kappa shape index (κ2) is 6.24. The maximum Gasteiger partial charge on any atom is 0.255 e. The first-order valence-corrected chi connectivity index (χ1v) is 7.90. The van der Waals surface area contributed by atoms with E-state index >= 15 is 0 Å². The van der Waals surface area contributed by atoms with E-state index in [0.29, 0.717) is 17.8 Å². The lowest BCUT2D eigenvalue weighted by Crippen LogP contribution is -2.25. The number of fused-ring (bicyclic) bond motifs is 1. The first kappa shape index (κ1) is 15.3. The fraction of sp³-hybridized carbons (Fsp3) is 0.263. The van der Waals surface area contributed by atoms with Gasteiger partial charge in [0, 0.05) is 30.4 Å². The van der Waals surface area contributed by atoms with Gasteiger partial charge in [-0.15, -0.1) is 0 Å². The lowest BCUT2D eigenvalue weighted by atomic mass is 10.1. The molecule has 0 aliphatic carbocycles. The summed E-state index contributed by atoms with van der Waals surface area (Å²) in [7, 11) is 0. The van der Waals surface area contributed by atoms with E-state index in [1.54, 1.807) is 11.8 Å². The molecule has 0 radical (unpaired) electrons. The lowest BCUT2D eigenvalue weighted by Gasteiger charge is -2.16. The molecule has 118 valence electrons. The van der Waals surface area contributed by atoms with E-state index in [1.807, 2.05) is 42.5 Å².